The molecule has 23 heavy (non-hydrogen) atoms. The van der Waals surface area contributed by atoms with Crippen LogP contribution in [0.25, 0.3) is 0 Å². The van der Waals surface area contributed by atoms with E-state index in [0.29, 0.717) is 24.2 Å². The third kappa shape index (κ3) is 1.39. The van der Waals surface area contributed by atoms with Crippen molar-refractivity contribution in [3.63, 3.8) is 0 Å². The van der Waals surface area contributed by atoms with Crippen LogP contribution in [0.1, 0.15) is 45.4 Å². The number of aliphatic hydroxyl groups excluding tert-OH is 1. The average Bonchev–Trinajstić information content (AvgIpc) is 2.93. The van der Waals surface area contributed by atoms with Gasteiger partial charge in [0.1, 0.15) is 0 Å². The van der Waals surface area contributed by atoms with Crippen LogP contribution in [-0.2, 0) is 14.3 Å². The van der Waals surface area contributed by atoms with Gasteiger partial charge < -0.3 is 9.84 Å². The number of ether oxygens (including phenoxy) is 1. The lowest BCUT2D eigenvalue weighted by molar-refractivity contribution is -0.201. The maximum Gasteiger partial charge on any atom is 0.322 e. The lowest BCUT2D eigenvalue weighted by Gasteiger charge is -2.49. The Morgan fingerprint density at radius 1 is 1.22 bits per heavy atom. The van der Waals surface area contributed by atoms with Gasteiger partial charge in [0.25, 0.3) is 0 Å². The molecule has 4 saturated carbocycles. The monoisotopic (exact) mass is 316 g/mol. The molecule has 0 aromatic carbocycles. The molecule has 0 unspecified atom stereocenters. The predicted octanol–water partition coefficient (Wildman–Crippen LogP) is 2.46. The van der Waals surface area contributed by atoms with Gasteiger partial charge in [-0.05, 0) is 74.5 Å². The maximum absolute atomic E-state index is 12.8. The number of allylic oxidation sites excluding steroid dienone is 1. The molecule has 1 N–H and O–H groups in total. The highest BCUT2D eigenvalue weighted by molar-refractivity contribution is 5.95. The minimum atomic E-state index is -0.910. The van der Waals surface area contributed by atoms with Crippen LogP contribution in [0.4, 0.5) is 0 Å². The van der Waals surface area contributed by atoms with E-state index in [0.717, 1.165) is 25.7 Å². The first-order valence-corrected chi connectivity index (χ1v) is 9.01. The summed E-state index contributed by atoms with van der Waals surface area (Å²) < 4.78 is 5.22. The fourth-order valence-corrected chi connectivity index (χ4v) is 7.42. The largest absolute Gasteiger partial charge is 0.392 e. The van der Waals surface area contributed by atoms with E-state index in [1.165, 1.54) is 12.0 Å². The Labute approximate surface area is 136 Å². The Kier molecular flexibility index (Phi) is 2.52. The van der Waals surface area contributed by atoms with Gasteiger partial charge in [0.15, 0.2) is 0 Å². The molecule has 1 aliphatic heterocycles. The highest BCUT2D eigenvalue weighted by Gasteiger charge is 2.75. The summed E-state index contributed by atoms with van der Waals surface area (Å²) in [4.78, 5) is 25.3. The molecule has 1 heterocycles. The number of carbonyl (C=O) groups excluding carboxylic acids is 2. The first-order valence-electron chi connectivity index (χ1n) is 9.01. The topological polar surface area (TPSA) is 63.6 Å². The summed E-state index contributed by atoms with van der Waals surface area (Å²) in [7, 11) is 0. The van der Waals surface area contributed by atoms with Crippen LogP contribution in [0.2, 0.25) is 0 Å². The molecule has 4 nitrogen and oxygen atoms in total. The van der Waals surface area contributed by atoms with E-state index >= 15 is 0 Å². The lowest BCUT2D eigenvalue weighted by Crippen LogP contribution is -2.59. The third-order valence-corrected chi connectivity index (χ3v) is 8.33. The third-order valence-electron chi connectivity index (χ3n) is 8.33. The Hall–Kier alpha value is -1.16. The first-order chi connectivity index (χ1) is 10.9. The van der Waals surface area contributed by atoms with Gasteiger partial charge >= 0.3 is 11.9 Å². The molecule has 5 aliphatic rings. The van der Waals surface area contributed by atoms with Gasteiger partial charge in [-0.15, -0.1) is 0 Å². The standard InChI is InChI=1S/C19H24O4/c1-9-7-19-8-10(9)3-5-12(19)11-4-6-13(20)18(2)14(11)15(19)16(21)23-17(18)22/h10-15,20H,1,3-8H2,2H3/t10-,11-,12+,13+,14-,15-,18-,19+/m1/s1. The van der Waals surface area contributed by atoms with Crippen molar-refractivity contribution >= 4 is 11.9 Å². The number of fused-ring (bicyclic) bond motifs is 2. The summed E-state index contributed by atoms with van der Waals surface area (Å²) in [6, 6.07) is 0. The molecule has 0 aromatic rings. The zero-order chi connectivity index (χ0) is 16.1. The molecule has 0 aromatic heterocycles. The van der Waals surface area contributed by atoms with Crippen LogP contribution in [-0.4, -0.2) is 23.1 Å². The van der Waals surface area contributed by atoms with Crippen molar-refractivity contribution in [3.05, 3.63) is 12.2 Å². The summed E-state index contributed by atoms with van der Waals surface area (Å²) in [6.45, 7) is 6.12. The summed E-state index contributed by atoms with van der Waals surface area (Å²) in [5.41, 5.74) is 0.323. The van der Waals surface area contributed by atoms with Crippen LogP contribution in [0.15, 0.2) is 12.2 Å². The Balaban J connectivity index is 1.70. The number of esters is 2. The van der Waals surface area contributed by atoms with E-state index < -0.39 is 17.5 Å². The number of rotatable bonds is 0. The molecule has 124 valence electrons. The Morgan fingerprint density at radius 3 is 2.78 bits per heavy atom. The van der Waals surface area contributed by atoms with Gasteiger partial charge in [-0.2, -0.15) is 0 Å². The normalized spacial score (nSPS) is 57.0. The quantitative estimate of drug-likeness (QED) is 0.423. The van der Waals surface area contributed by atoms with Crippen LogP contribution in [0.3, 0.4) is 0 Å². The Morgan fingerprint density at radius 2 is 2.00 bits per heavy atom. The highest BCUT2D eigenvalue weighted by atomic mass is 16.6. The zero-order valence-corrected chi connectivity index (χ0v) is 13.6. The van der Waals surface area contributed by atoms with Crippen molar-refractivity contribution in [1.29, 1.82) is 0 Å². The maximum atomic E-state index is 12.8. The predicted molar refractivity (Wildman–Crippen MR) is 81.9 cm³/mol. The molecular weight excluding hydrogens is 292 g/mol. The molecular formula is C19H24O4. The van der Waals surface area contributed by atoms with Crippen molar-refractivity contribution in [2.24, 2.45) is 40.4 Å². The van der Waals surface area contributed by atoms with Gasteiger partial charge in [-0.1, -0.05) is 12.2 Å². The fourth-order valence-electron chi connectivity index (χ4n) is 7.42. The smallest absolute Gasteiger partial charge is 0.322 e. The average molecular weight is 316 g/mol. The number of hydrogen-bond donors (Lipinski definition) is 1. The molecule has 1 spiro atoms. The second kappa shape index (κ2) is 4.08. The number of aliphatic hydroxyl groups is 1. The minimum Gasteiger partial charge on any atom is -0.392 e. The van der Waals surface area contributed by atoms with E-state index in [1.807, 2.05) is 6.92 Å². The zero-order valence-electron chi connectivity index (χ0n) is 13.6. The van der Waals surface area contributed by atoms with Crippen molar-refractivity contribution in [2.75, 3.05) is 0 Å². The molecule has 5 fully saturated rings. The van der Waals surface area contributed by atoms with E-state index in [-0.39, 0.29) is 23.2 Å². The van der Waals surface area contributed by atoms with E-state index in [9.17, 15) is 14.7 Å². The molecule has 5 rings (SSSR count). The second-order valence-corrected chi connectivity index (χ2v) is 8.90. The summed E-state index contributed by atoms with van der Waals surface area (Å²) >= 11 is 0. The molecule has 2 bridgehead atoms. The SMILES string of the molecule is C=C1C[C@]23C[C@H]1CC[C@H]2[C@H]1CC[C@H](O)[C@@]2(C)C(=O)OC(=O)[C@H]3[C@@H]12. The van der Waals surface area contributed by atoms with E-state index in [1.54, 1.807) is 0 Å². The first kappa shape index (κ1) is 14.2. The number of carbonyl (C=O) groups is 2. The number of cyclic esters (lactones) is 2. The van der Waals surface area contributed by atoms with Gasteiger partial charge in [0, 0.05) is 0 Å². The lowest BCUT2D eigenvalue weighted by atomic mass is 9.57. The molecule has 4 heteroatoms. The summed E-state index contributed by atoms with van der Waals surface area (Å²) in [5.74, 6) is 0.300. The molecule has 0 amide bonds. The summed E-state index contributed by atoms with van der Waals surface area (Å²) in [6.07, 6.45) is 5.13. The Bertz CT molecular complexity index is 639. The van der Waals surface area contributed by atoms with Gasteiger partial charge in [-0.25, -0.2) is 0 Å². The van der Waals surface area contributed by atoms with Gasteiger partial charge in [0.05, 0.1) is 17.4 Å². The fraction of sp³-hybridized carbons (Fsp3) is 0.789. The van der Waals surface area contributed by atoms with Crippen molar-refractivity contribution in [3.8, 4) is 0 Å². The molecule has 8 atom stereocenters. The van der Waals surface area contributed by atoms with E-state index in [4.69, 9.17) is 4.74 Å². The van der Waals surface area contributed by atoms with Crippen molar-refractivity contribution in [2.45, 2.75) is 51.6 Å². The number of hydrogen-bond acceptors (Lipinski definition) is 4. The molecule has 1 saturated heterocycles. The minimum absolute atomic E-state index is 0.0466. The second-order valence-electron chi connectivity index (χ2n) is 8.90. The molecule has 0 radical (unpaired) electrons. The van der Waals surface area contributed by atoms with Crippen molar-refractivity contribution < 1.29 is 19.4 Å². The van der Waals surface area contributed by atoms with Crippen LogP contribution in [0.5, 0.6) is 0 Å². The van der Waals surface area contributed by atoms with Crippen LogP contribution in [0, 0.1) is 40.4 Å². The van der Waals surface area contributed by atoms with E-state index in [2.05, 4.69) is 6.58 Å². The van der Waals surface area contributed by atoms with Crippen LogP contribution >= 0.6 is 0 Å². The van der Waals surface area contributed by atoms with Gasteiger partial charge in [0.2, 0.25) is 0 Å². The molecule has 4 aliphatic carbocycles. The van der Waals surface area contributed by atoms with Gasteiger partial charge in [-0.3, -0.25) is 9.59 Å². The van der Waals surface area contributed by atoms with Crippen molar-refractivity contribution in [1.82, 2.24) is 0 Å². The highest BCUT2D eigenvalue weighted by Crippen LogP contribution is 2.74. The van der Waals surface area contributed by atoms with Crippen LogP contribution < -0.4 is 0 Å². The summed E-state index contributed by atoms with van der Waals surface area (Å²) in [5, 5.41) is 10.6.